The van der Waals surface area contributed by atoms with Crippen LogP contribution in [-0.4, -0.2) is 66.1 Å². The van der Waals surface area contributed by atoms with Gasteiger partial charge in [0.25, 0.3) is 0 Å². The molecule has 2 aliphatic heterocycles. The molecule has 0 bridgehead atoms. The van der Waals surface area contributed by atoms with E-state index in [2.05, 4.69) is 0 Å². The van der Waals surface area contributed by atoms with Crippen LogP contribution in [0.15, 0.2) is 60.7 Å². The maximum absolute atomic E-state index is 13.7. The third kappa shape index (κ3) is 8.74. The summed E-state index contributed by atoms with van der Waals surface area (Å²) < 4.78 is 37.4. The molecular weight excluding hydrogens is 592 g/mol. The molecule has 2 saturated heterocycles. The molecule has 1 aliphatic carbocycles. The van der Waals surface area contributed by atoms with Gasteiger partial charge in [-0.05, 0) is 23.7 Å². The molecule has 0 N–H and O–H groups in total. The van der Waals surface area contributed by atoms with Crippen molar-refractivity contribution >= 4 is 35.3 Å². The molecule has 234 valence electrons. The summed E-state index contributed by atoms with van der Waals surface area (Å²) in [6.45, 7) is 2.40. The SMILES string of the molecule is CCS[C@@H]1OC2COC(c3ccccc3)O[C@@H]2C(O[C@@H](CC2CCCCC2)C(=O)OCc2ccccc2)C1OC(=O)CCl. The molecule has 7 atom stereocenters. The highest BCUT2D eigenvalue weighted by molar-refractivity contribution is 7.99. The van der Waals surface area contributed by atoms with Crippen molar-refractivity contribution in [3.05, 3.63) is 71.8 Å². The normalized spacial score (nSPS) is 28.4. The number of hydrogen-bond donors (Lipinski definition) is 0. The van der Waals surface area contributed by atoms with Gasteiger partial charge < -0.3 is 28.4 Å². The van der Waals surface area contributed by atoms with Crippen LogP contribution in [0.25, 0.3) is 0 Å². The second-order valence-electron chi connectivity index (χ2n) is 11.2. The van der Waals surface area contributed by atoms with Crippen LogP contribution in [-0.2, 0) is 44.6 Å². The third-order valence-corrected chi connectivity index (χ3v) is 9.40. The Morgan fingerprint density at radius 2 is 1.70 bits per heavy atom. The molecule has 2 heterocycles. The quantitative estimate of drug-likeness (QED) is 0.200. The van der Waals surface area contributed by atoms with Gasteiger partial charge in [-0.25, -0.2) is 4.79 Å². The van der Waals surface area contributed by atoms with Gasteiger partial charge in [0, 0.05) is 5.56 Å². The molecule has 4 unspecified atom stereocenters. The van der Waals surface area contributed by atoms with Gasteiger partial charge in [0.1, 0.15) is 36.2 Å². The van der Waals surface area contributed by atoms with E-state index < -0.39 is 54.2 Å². The number of halogens is 1. The summed E-state index contributed by atoms with van der Waals surface area (Å²) in [5.41, 5.74) is 1.19. The number of alkyl halides is 1. The predicted molar refractivity (Wildman–Crippen MR) is 163 cm³/mol. The van der Waals surface area contributed by atoms with Gasteiger partial charge in [-0.3, -0.25) is 4.79 Å². The number of carbonyl (C=O) groups is 2. The number of rotatable bonds is 12. The summed E-state index contributed by atoms with van der Waals surface area (Å²) in [5, 5.41) is 0. The Balaban J connectivity index is 1.43. The zero-order valence-electron chi connectivity index (χ0n) is 24.5. The average molecular weight is 633 g/mol. The van der Waals surface area contributed by atoms with Crippen molar-refractivity contribution in [3.8, 4) is 0 Å². The number of ether oxygens (including phenoxy) is 6. The lowest BCUT2D eigenvalue weighted by molar-refractivity contribution is -0.328. The topological polar surface area (TPSA) is 89.5 Å². The van der Waals surface area contributed by atoms with Crippen LogP contribution < -0.4 is 0 Å². The third-order valence-electron chi connectivity index (χ3n) is 8.14. The fourth-order valence-corrected chi connectivity index (χ4v) is 7.05. The Morgan fingerprint density at radius 3 is 2.40 bits per heavy atom. The minimum Gasteiger partial charge on any atom is -0.459 e. The summed E-state index contributed by atoms with van der Waals surface area (Å²) in [6, 6.07) is 19.2. The molecule has 3 fully saturated rings. The van der Waals surface area contributed by atoms with Crippen molar-refractivity contribution < 1.29 is 38.0 Å². The smallest absolute Gasteiger partial charge is 0.335 e. The first kappa shape index (κ1) is 32.3. The summed E-state index contributed by atoms with van der Waals surface area (Å²) in [6.07, 6.45) is 1.66. The van der Waals surface area contributed by atoms with E-state index in [0.717, 1.165) is 36.8 Å². The number of thioether (sulfide) groups is 1. The van der Waals surface area contributed by atoms with E-state index in [1.165, 1.54) is 18.2 Å². The van der Waals surface area contributed by atoms with Crippen molar-refractivity contribution in [2.45, 2.75) is 94.3 Å². The van der Waals surface area contributed by atoms with E-state index in [9.17, 15) is 9.59 Å². The van der Waals surface area contributed by atoms with Gasteiger partial charge in [0.15, 0.2) is 18.5 Å². The largest absolute Gasteiger partial charge is 0.459 e. The van der Waals surface area contributed by atoms with Gasteiger partial charge in [-0.15, -0.1) is 23.4 Å². The number of esters is 2. The number of hydrogen-bond acceptors (Lipinski definition) is 9. The number of benzene rings is 2. The van der Waals surface area contributed by atoms with Crippen molar-refractivity contribution in [1.29, 1.82) is 0 Å². The van der Waals surface area contributed by atoms with Crippen LogP contribution in [0.3, 0.4) is 0 Å². The van der Waals surface area contributed by atoms with Gasteiger partial charge >= 0.3 is 11.9 Å². The molecule has 8 nitrogen and oxygen atoms in total. The monoisotopic (exact) mass is 632 g/mol. The van der Waals surface area contributed by atoms with Gasteiger partial charge in [-0.2, -0.15) is 0 Å². The number of carbonyl (C=O) groups excluding carboxylic acids is 2. The molecule has 2 aromatic rings. The molecule has 0 radical (unpaired) electrons. The lowest BCUT2D eigenvalue weighted by Crippen LogP contribution is -2.63. The first-order chi connectivity index (χ1) is 21.1. The molecule has 10 heteroatoms. The minimum absolute atomic E-state index is 0.142. The van der Waals surface area contributed by atoms with Gasteiger partial charge in [0.2, 0.25) is 0 Å². The fourth-order valence-electron chi connectivity index (χ4n) is 6.03. The molecule has 2 aromatic carbocycles. The van der Waals surface area contributed by atoms with Crippen molar-refractivity contribution in [2.24, 2.45) is 5.92 Å². The first-order valence-electron chi connectivity index (χ1n) is 15.3. The van der Waals surface area contributed by atoms with Crippen molar-refractivity contribution in [3.63, 3.8) is 0 Å². The van der Waals surface area contributed by atoms with E-state index in [-0.39, 0.29) is 19.1 Å². The molecule has 3 aliphatic rings. The van der Waals surface area contributed by atoms with E-state index >= 15 is 0 Å². The van der Waals surface area contributed by atoms with E-state index in [1.807, 2.05) is 67.6 Å². The van der Waals surface area contributed by atoms with Crippen molar-refractivity contribution in [1.82, 2.24) is 0 Å². The van der Waals surface area contributed by atoms with Crippen LogP contribution in [0.2, 0.25) is 0 Å². The lowest BCUT2D eigenvalue weighted by atomic mass is 9.85. The Hall–Kier alpha value is -2.14. The second kappa shape index (κ2) is 16.3. The molecular formula is C33H41ClO8S. The molecule has 0 spiro atoms. The second-order valence-corrected chi connectivity index (χ2v) is 12.8. The summed E-state index contributed by atoms with van der Waals surface area (Å²) in [4.78, 5) is 26.3. The highest BCUT2D eigenvalue weighted by Gasteiger charge is 2.53. The van der Waals surface area contributed by atoms with E-state index in [1.54, 1.807) is 0 Å². The molecule has 0 aromatic heterocycles. The Kier molecular flexibility index (Phi) is 12.2. The lowest BCUT2D eigenvalue weighted by Gasteiger charge is -2.49. The zero-order valence-corrected chi connectivity index (χ0v) is 26.1. The summed E-state index contributed by atoms with van der Waals surface area (Å²) >= 11 is 7.38. The van der Waals surface area contributed by atoms with Gasteiger partial charge in [0.05, 0.1) is 6.61 Å². The van der Waals surface area contributed by atoms with E-state index in [4.69, 9.17) is 40.0 Å². The zero-order chi connectivity index (χ0) is 30.0. The highest BCUT2D eigenvalue weighted by atomic mass is 35.5. The molecule has 1 saturated carbocycles. The Morgan fingerprint density at radius 1 is 0.977 bits per heavy atom. The fraction of sp³-hybridized carbons (Fsp3) is 0.576. The predicted octanol–water partition coefficient (Wildman–Crippen LogP) is 6.20. The van der Waals surface area contributed by atoms with Crippen molar-refractivity contribution in [2.75, 3.05) is 18.2 Å². The van der Waals surface area contributed by atoms with Crippen LogP contribution in [0.5, 0.6) is 0 Å². The molecule has 43 heavy (non-hydrogen) atoms. The van der Waals surface area contributed by atoms with Crippen LogP contribution in [0.4, 0.5) is 0 Å². The maximum atomic E-state index is 13.7. The standard InChI is InChI=1S/C33H41ClO8S/c1-2-43-33-30(41-27(35)19-34)29(28-26(40-33)21-38-32(42-28)24-16-10-5-11-17-24)39-25(18-22-12-6-3-7-13-22)31(36)37-20-23-14-8-4-9-15-23/h4-5,8-11,14-17,22,25-26,28-30,32-33H,2-3,6-7,12-13,18-21H2,1H3/t25-,26?,28-,29?,30?,32?,33-/m0/s1. The van der Waals surface area contributed by atoms with Crippen LogP contribution in [0.1, 0.15) is 62.9 Å². The number of fused-ring (bicyclic) bond motifs is 1. The molecule has 5 rings (SSSR count). The van der Waals surface area contributed by atoms with Crippen LogP contribution >= 0.6 is 23.4 Å². The van der Waals surface area contributed by atoms with Crippen LogP contribution in [0, 0.1) is 5.92 Å². The first-order valence-corrected chi connectivity index (χ1v) is 16.8. The Bertz CT molecular complexity index is 1150. The summed E-state index contributed by atoms with van der Waals surface area (Å²) in [5.74, 6) is -0.307. The summed E-state index contributed by atoms with van der Waals surface area (Å²) in [7, 11) is 0. The van der Waals surface area contributed by atoms with Gasteiger partial charge in [-0.1, -0.05) is 99.7 Å². The average Bonchev–Trinajstić information content (AvgIpc) is 3.05. The molecule has 0 amide bonds. The van der Waals surface area contributed by atoms with E-state index in [0.29, 0.717) is 18.1 Å². The highest BCUT2D eigenvalue weighted by Crippen LogP contribution is 2.40. The Labute approximate surface area is 263 Å². The minimum atomic E-state index is -0.873. The maximum Gasteiger partial charge on any atom is 0.335 e.